The molecule has 0 radical (unpaired) electrons. The van der Waals surface area contributed by atoms with Crippen molar-refractivity contribution in [2.75, 3.05) is 24.5 Å². The highest BCUT2D eigenvalue weighted by atomic mass is 16.2. The van der Waals surface area contributed by atoms with E-state index in [4.69, 9.17) is 0 Å². The number of carbonyl (C=O) groups is 2. The van der Waals surface area contributed by atoms with Crippen molar-refractivity contribution >= 4 is 17.6 Å². The van der Waals surface area contributed by atoms with E-state index in [0.717, 1.165) is 24.2 Å². The molecule has 128 valence electrons. The average Bonchev–Trinajstić information content (AvgIpc) is 3.21. The highest BCUT2D eigenvalue weighted by molar-refractivity contribution is 6.22. The SMILES string of the molecule is CC1(C)C(=O)N(C(=O)NC[C@@H]2CCN3CCCC23)c2ccccc21. The van der Waals surface area contributed by atoms with Crippen LogP contribution in [0.1, 0.15) is 38.7 Å². The number of amides is 3. The third kappa shape index (κ3) is 2.25. The first-order valence-electron chi connectivity index (χ1n) is 8.96. The maximum atomic E-state index is 12.8. The van der Waals surface area contributed by atoms with Gasteiger partial charge in [-0.1, -0.05) is 18.2 Å². The van der Waals surface area contributed by atoms with Crippen LogP contribution in [0.5, 0.6) is 0 Å². The second kappa shape index (κ2) is 5.59. The van der Waals surface area contributed by atoms with E-state index in [1.54, 1.807) is 0 Å². The average molecular weight is 327 g/mol. The quantitative estimate of drug-likeness (QED) is 0.908. The lowest BCUT2D eigenvalue weighted by molar-refractivity contribution is -0.121. The molecule has 0 aromatic heterocycles. The summed E-state index contributed by atoms with van der Waals surface area (Å²) >= 11 is 0. The van der Waals surface area contributed by atoms with Gasteiger partial charge in [0.15, 0.2) is 0 Å². The number of imide groups is 1. The summed E-state index contributed by atoms with van der Waals surface area (Å²) < 4.78 is 0. The van der Waals surface area contributed by atoms with Crippen molar-refractivity contribution in [3.05, 3.63) is 29.8 Å². The third-order valence-electron chi connectivity index (χ3n) is 6.02. The number of para-hydroxylation sites is 1. The van der Waals surface area contributed by atoms with Gasteiger partial charge in [-0.05, 0) is 63.7 Å². The molecule has 3 aliphatic rings. The zero-order valence-electron chi connectivity index (χ0n) is 14.4. The molecule has 2 saturated heterocycles. The molecule has 0 spiro atoms. The number of rotatable bonds is 2. The second-order valence-corrected chi connectivity index (χ2v) is 7.76. The molecular formula is C19H25N3O2. The molecule has 3 amide bonds. The van der Waals surface area contributed by atoms with Crippen LogP contribution in [0.2, 0.25) is 0 Å². The molecule has 1 aromatic carbocycles. The maximum absolute atomic E-state index is 12.8. The fraction of sp³-hybridized carbons (Fsp3) is 0.579. The first-order valence-corrected chi connectivity index (χ1v) is 8.96. The lowest BCUT2D eigenvalue weighted by Gasteiger charge is -2.23. The minimum absolute atomic E-state index is 0.143. The minimum Gasteiger partial charge on any atom is -0.337 e. The number of carbonyl (C=O) groups excluding carboxylic acids is 2. The predicted octanol–water partition coefficient (Wildman–Crippen LogP) is 2.50. The van der Waals surface area contributed by atoms with Crippen LogP contribution in [0.4, 0.5) is 10.5 Å². The lowest BCUT2D eigenvalue weighted by atomic mass is 9.86. The van der Waals surface area contributed by atoms with E-state index in [1.807, 2.05) is 38.1 Å². The number of nitrogens with one attached hydrogen (secondary N) is 1. The van der Waals surface area contributed by atoms with Crippen LogP contribution in [0.15, 0.2) is 24.3 Å². The number of anilines is 1. The van der Waals surface area contributed by atoms with E-state index < -0.39 is 5.41 Å². The van der Waals surface area contributed by atoms with Crippen molar-refractivity contribution in [3.8, 4) is 0 Å². The normalized spacial score (nSPS) is 28.1. The zero-order chi connectivity index (χ0) is 16.9. The molecule has 24 heavy (non-hydrogen) atoms. The molecule has 1 aromatic rings. The van der Waals surface area contributed by atoms with Gasteiger partial charge in [-0.15, -0.1) is 0 Å². The number of benzene rings is 1. The Morgan fingerprint density at radius 2 is 2.04 bits per heavy atom. The maximum Gasteiger partial charge on any atom is 0.328 e. The number of hydrogen-bond acceptors (Lipinski definition) is 3. The molecular weight excluding hydrogens is 302 g/mol. The Hall–Kier alpha value is -1.88. The van der Waals surface area contributed by atoms with Crippen LogP contribution < -0.4 is 10.2 Å². The van der Waals surface area contributed by atoms with Gasteiger partial charge in [-0.2, -0.15) is 0 Å². The fourth-order valence-electron chi connectivity index (χ4n) is 4.63. The largest absolute Gasteiger partial charge is 0.337 e. The molecule has 0 saturated carbocycles. The zero-order valence-corrected chi connectivity index (χ0v) is 14.4. The summed E-state index contributed by atoms with van der Waals surface area (Å²) in [4.78, 5) is 29.4. The molecule has 1 N–H and O–H groups in total. The summed E-state index contributed by atoms with van der Waals surface area (Å²) in [5.41, 5.74) is 0.996. The Labute approximate surface area is 143 Å². The van der Waals surface area contributed by atoms with Crippen molar-refractivity contribution in [2.24, 2.45) is 5.92 Å². The van der Waals surface area contributed by atoms with E-state index in [0.29, 0.717) is 18.5 Å². The van der Waals surface area contributed by atoms with Gasteiger partial charge in [0.1, 0.15) is 0 Å². The van der Waals surface area contributed by atoms with Gasteiger partial charge in [-0.25, -0.2) is 9.69 Å². The summed E-state index contributed by atoms with van der Waals surface area (Å²) in [6, 6.07) is 7.92. The van der Waals surface area contributed by atoms with E-state index in [9.17, 15) is 9.59 Å². The van der Waals surface area contributed by atoms with Crippen molar-refractivity contribution in [1.29, 1.82) is 0 Å². The molecule has 2 atom stereocenters. The van der Waals surface area contributed by atoms with Gasteiger partial charge in [0, 0.05) is 12.6 Å². The van der Waals surface area contributed by atoms with Gasteiger partial charge >= 0.3 is 6.03 Å². The fourth-order valence-corrected chi connectivity index (χ4v) is 4.63. The number of urea groups is 1. The first kappa shape index (κ1) is 15.6. The molecule has 4 rings (SSSR count). The highest BCUT2D eigenvalue weighted by Gasteiger charge is 2.46. The van der Waals surface area contributed by atoms with Crippen LogP contribution in [0.3, 0.4) is 0 Å². The molecule has 0 aliphatic carbocycles. The van der Waals surface area contributed by atoms with E-state index in [2.05, 4.69) is 10.2 Å². The topological polar surface area (TPSA) is 52.7 Å². The van der Waals surface area contributed by atoms with Crippen LogP contribution in [-0.4, -0.2) is 42.5 Å². The monoisotopic (exact) mass is 327 g/mol. The molecule has 1 unspecified atom stereocenters. The summed E-state index contributed by atoms with van der Waals surface area (Å²) in [5.74, 6) is 0.368. The third-order valence-corrected chi connectivity index (χ3v) is 6.02. The number of nitrogens with zero attached hydrogens (tertiary/aromatic N) is 2. The summed E-state index contributed by atoms with van der Waals surface area (Å²) in [6.45, 7) is 6.76. The first-order chi connectivity index (χ1) is 11.5. The van der Waals surface area contributed by atoms with Crippen LogP contribution in [0, 0.1) is 5.92 Å². The van der Waals surface area contributed by atoms with Crippen molar-refractivity contribution in [2.45, 2.75) is 44.6 Å². The van der Waals surface area contributed by atoms with E-state index in [-0.39, 0.29) is 11.9 Å². The van der Waals surface area contributed by atoms with Gasteiger partial charge in [0.05, 0.1) is 11.1 Å². The van der Waals surface area contributed by atoms with E-state index in [1.165, 1.54) is 24.3 Å². The Kier molecular flexibility index (Phi) is 3.64. The Bertz CT molecular complexity index is 685. The van der Waals surface area contributed by atoms with Gasteiger partial charge in [0.2, 0.25) is 5.91 Å². The second-order valence-electron chi connectivity index (χ2n) is 7.76. The predicted molar refractivity (Wildman–Crippen MR) is 93.1 cm³/mol. The summed E-state index contributed by atoms with van der Waals surface area (Å²) in [7, 11) is 0. The van der Waals surface area contributed by atoms with Crippen molar-refractivity contribution < 1.29 is 9.59 Å². The van der Waals surface area contributed by atoms with Gasteiger partial charge < -0.3 is 10.2 Å². The molecule has 3 heterocycles. The number of hydrogen-bond donors (Lipinski definition) is 1. The van der Waals surface area contributed by atoms with Crippen molar-refractivity contribution in [3.63, 3.8) is 0 Å². The molecule has 5 heteroatoms. The molecule has 5 nitrogen and oxygen atoms in total. The van der Waals surface area contributed by atoms with Gasteiger partial charge in [-0.3, -0.25) is 4.79 Å². The Balaban J connectivity index is 1.48. The highest BCUT2D eigenvalue weighted by Crippen LogP contribution is 2.41. The van der Waals surface area contributed by atoms with Crippen LogP contribution in [-0.2, 0) is 10.2 Å². The summed E-state index contributed by atoms with van der Waals surface area (Å²) in [6.07, 6.45) is 3.64. The van der Waals surface area contributed by atoms with Crippen molar-refractivity contribution in [1.82, 2.24) is 10.2 Å². The Morgan fingerprint density at radius 3 is 2.88 bits per heavy atom. The Morgan fingerprint density at radius 1 is 1.25 bits per heavy atom. The number of fused-ring (bicyclic) bond motifs is 2. The van der Waals surface area contributed by atoms with E-state index >= 15 is 0 Å². The molecule has 0 bridgehead atoms. The molecule has 2 fully saturated rings. The molecule has 3 aliphatic heterocycles. The smallest absolute Gasteiger partial charge is 0.328 e. The van der Waals surface area contributed by atoms with Gasteiger partial charge in [0.25, 0.3) is 0 Å². The minimum atomic E-state index is -0.649. The van der Waals surface area contributed by atoms with Crippen LogP contribution >= 0.6 is 0 Å². The van der Waals surface area contributed by atoms with Crippen LogP contribution in [0.25, 0.3) is 0 Å². The standard InChI is InChI=1S/C19H25N3O2/c1-19(2)14-6-3-4-7-16(14)22(17(19)23)18(24)20-12-13-9-11-21-10-5-8-15(13)21/h3-4,6-7,13,15H,5,8-12H2,1-2H3,(H,20,24)/t13-,15?/m0/s1. The lowest BCUT2D eigenvalue weighted by Crippen LogP contribution is -2.47. The summed E-state index contributed by atoms with van der Waals surface area (Å²) in [5, 5.41) is 3.03.